The monoisotopic (exact) mass is 359 g/mol. The van der Waals surface area contributed by atoms with Crippen molar-refractivity contribution in [3.05, 3.63) is 42.0 Å². The normalized spacial score (nSPS) is 24.8. The van der Waals surface area contributed by atoms with Crippen molar-refractivity contribution in [3.63, 3.8) is 0 Å². The van der Waals surface area contributed by atoms with Gasteiger partial charge in [0.25, 0.3) is 0 Å². The second-order valence-electron chi connectivity index (χ2n) is 6.52. The summed E-state index contributed by atoms with van der Waals surface area (Å²) in [4.78, 5) is 8.67. The van der Waals surface area contributed by atoms with Gasteiger partial charge in [0.05, 0.1) is 16.6 Å². The predicted molar refractivity (Wildman–Crippen MR) is 88.0 cm³/mol. The molecule has 1 fully saturated rings. The van der Waals surface area contributed by atoms with E-state index in [0.717, 1.165) is 24.1 Å². The van der Waals surface area contributed by atoms with Crippen molar-refractivity contribution in [1.29, 1.82) is 0 Å². The molecule has 1 aromatic heterocycles. The lowest BCUT2D eigenvalue weighted by Crippen LogP contribution is -2.42. The Morgan fingerprint density at radius 2 is 1.96 bits per heavy atom. The molecule has 2 bridgehead atoms. The standard InChI is InChI=1S/C17H17N3O4S/c21-25(22,12-2-4-16-17(8-12)24-6-5-23-16)20-11-1-3-15(20)13-9-18-10-19-14(13)7-11/h2,4,8-11,15H,1,3,5-7H2/t11-,15-/m0/s1. The molecule has 0 amide bonds. The van der Waals surface area contributed by atoms with E-state index < -0.39 is 10.0 Å². The van der Waals surface area contributed by atoms with Crippen LogP contribution in [0.2, 0.25) is 0 Å². The van der Waals surface area contributed by atoms with E-state index >= 15 is 0 Å². The first-order valence-corrected chi connectivity index (χ1v) is 9.80. The number of rotatable bonds is 2. The fourth-order valence-electron chi connectivity index (χ4n) is 4.05. The molecule has 2 atom stereocenters. The third-order valence-electron chi connectivity index (χ3n) is 5.14. The lowest BCUT2D eigenvalue weighted by atomic mass is 10.0. The zero-order chi connectivity index (χ0) is 17.0. The molecular formula is C17H17N3O4S. The van der Waals surface area contributed by atoms with Crippen LogP contribution < -0.4 is 9.47 Å². The van der Waals surface area contributed by atoms with Gasteiger partial charge in [-0.3, -0.25) is 0 Å². The zero-order valence-electron chi connectivity index (χ0n) is 13.5. The lowest BCUT2D eigenvalue weighted by Gasteiger charge is -2.34. The smallest absolute Gasteiger partial charge is 0.244 e. The average Bonchev–Trinajstić information content (AvgIpc) is 2.97. The number of ether oxygens (including phenoxy) is 2. The molecule has 0 N–H and O–H groups in total. The summed E-state index contributed by atoms with van der Waals surface area (Å²) >= 11 is 0. The van der Waals surface area contributed by atoms with Crippen molar-refractivity contribution in [1.82, 2.24) is 14.3 Å². The summed E-state index contributed by atoms with van der Waals surface area (Å²) in [5, 5.41) is 0. The second-order valence-corrected chi connectivity index (χ2v) is 8.36. The van der Waals surface area contributed by atoms with E-state index in [4.69, 9.17) is 9.47 Å². The third kappa shape index (κ3) is 2.24. The van der Waals surface area contributed by atoms with Crippen molar-refractivity contribution in [2.45, 2.75) is 36.2 Å². The van der Waals surface area contributed by atoms with Gasteiger partial charge in [-0.15, -0.1) is 0 Å². The maximum atomic E-state index is 13.3. The maximum Gasteiger partial charge on any atom is 0.244 e. The average molecular weight is 359 g/mol. The summed E-state index contributed by atoms with van der Waals surface area (Å²) in [6, 6.07) is 4.60. The van der Waals surface area contributed by atoms with Crippen LogP contribution >= 0.6 is 0 Å². The highest BCUT2D eigenvalue weighted by molar-refractivity contribution is 7.89. The first kappa shape index (κ1) is 15.1. The van der Waals surface area contributed by atoms with Gasteiger partial charge in [0.1, 0.15) is 19.5 Å². The molecule has 0 aliphatic carbocycles. The van der Waals surface area contributed by atoms with Crippen molar-refractivity contribution in [3.8, 4) is 11.5 Å². The van der Waals surface area contributed by atoms with Crippen LogP contribution in [-0.4, -0.2) is 41.9 Å². The number of nitrogens with zero attached hydrogens (tertiary/aromatic N) is 3. The van der Waals surface area contributed by atoms with Crippen molar-refractivity contribution in [2.24, 2.45) is 0 Å². The van der Waals surface area contributed by atoms with E-state index in [0.29, 0.717) is 31.1 Å². The van der Waals surface area contributed by atoms with E-state index in [-0.39, 0.29) is 17.0 Å². The minimum absolute atomic E-state index is 0.0504. The molecule has 0 spiro atoms. The van der Waals surface area contributed by atoms with Crippen LogP contribution in [0.5, 0.6) is 11.5 Å². The fraction of sp³-hybridized carbons (Fsp3) is 0.412. The van der Waals surface area contributed by atoms with E-state index in [1.54, 1.807) is 28.7 Å². The van der Waals surface area contributed by atoms with Gasteiger partial charge in [0, 0.05) is 30.3 Å². The first-order chi connectivity index (χ1) is 12.1. The van der Waals surface area contributed by atoms with Gasteiger partial charge in [0.2, 0.25) is 10.0 Å². The number of hydrogen-bond acceptors (Lipinski definition) is 6. The Bertz CT molecular complexity index is 947. The number of benzene rings is 1. The van der Waals surface area contributed by atoms with Crippen LogP contribution in [0.4, 0.5) is 0 Å². The number of aromatic nitrogens is 2. The Labute approximate surface area is 145 Å². The fourth-order valence-corrected chi connectivity index (χ4v) is 5.92. The number of fused-ring (bicyclic) bond motifs is 5. The van der Waals surface area contributed by atoms with E-state index in [9.17, 15) is 8.42 Å². The highest BCUT2D eigenvalue weighted by atomic mass is 32.2. The molecule has 0 unspecified atom stereocenters. The van der Waals surface area contributed by atoms with Crippen LogP contribution in [0.25, 0.3) is 0 Å². The summed E-state index contributed by atoms with van der Waals surface area (Å²) in [7, 11) is -3.63. The van der Waals surface area contributed by atoms with Crippen LogP contribution in [0.15, 0.2) is 35.6 Å². The molecule has 3 aliphatic heterocycles. The number of sulfonamides is 1. The molecule has 4 heterocycles. The Kier molecular flexibility index (Phi) is 3.26. The molecule has 0 radical (unpaired) electrons. The summed E-state index contributed by atoms with van der Waals surface area (Å²) in [6.45, 7) is 0.905. The quantitative estimate of drug-likeness (QED) is 0.812. The predicted octanol–water partition coefficient (Wildman–Crippen LogP) is 1.70. The van der Waals surface area contributed by atoms with Gasteiger partial charge in [-0.05, 0) is 25.0 Å². The molecule has 3 aliphatic rings. The molecular weight excluding hydrogens is 342 g/mol. The lowest BCUT2D eigenvalue weighted by molar-refractivity contribution is 0.171. The second kappa shape index (κ2) is 5.40. The van der Waals surface area contributed by atoms with E-state index in [1.807, 2.05) is 0 Å². The summed E-state index contributed by atoms with van der Waals surface area (Å²) in [5.41, 5.74) is 1.90. The van der Waals surface area contributed by atoms with Gasteiger partial charge in [0.15, 0.2) is 11.5 Å². The largest absolute Gasteiger partial charge is 0.486 e. The van der Waals surface area contributed by atoms with Crippen LogP contribution in [0.1, 0.15) is 30.1 Å². The number of hydrogen-bond donors (Lipinski definition) is 0. The molecule has 1 saturated heterocycles. The molecule has 5 rings (SSSR count). The van der Waals surface area contributed by atoms with Crippen LogP contribution in [0.3, 0.4) is 0 Å². The Balaban J connectivity index is 1.57. The van der Waals surface area contributed by atoms with Gasteiger partial charge in [-0.2, -0.15) is 4.31 Å². The molecule has 130 valence electrons. The third-order valence-corrected chi connectivity index (χ3v) is 7.10. The Morgan fingerprint density at radius 3 is 2.84 bits per heavy atom. The summed E-state index contributed by atoms with van der Waals surface area (Å²) in [6.07, 6.45) is 5.56. The molecule has 2 aromatic rings. The molecule has 0 saturated carbocycles. The SMILES string of the molecule is O=S(=O)(c1ccc2c(c1)OCCO2)N1[C@H]2CC[C@H]1c1cncnc1C2. The van der Waals surface area contributed by atoms with Gasteiger partial charge in [-0.25, -0.2) is 18.4 Å². The first-order valence-electron chi connectivity index (χ1n) is 8.36. The van der Waals surface area contributed by atoms with Crippen molar-refractivity contribution < 1.29 is 17.9 Å². The topological polar surface area (TPSA) is 81.6 Å². The summed E-state index contributed by atoms with van der Waals surface area (Å²) in [5.74, 6) is 1.07. The highest BCUT2D eigenvalue weighted by Crippen LogP contribution is 2.46. The minimum atomic E-state index is -3.63. The molecule has 1 aromatic carbocycles. The van der Waals surface area contributed by atoms with Gasteiger partial charge < -0.3 is 9.47 Å². The molecule has 7 nitrogen and oxygen atoms in total. The molecule has 25 heavy (non-hydrogen) atoms. The Hall–Kier alpha value is -2.19. The maximum absolute atomic E-state index is 13.3. The van der Waals surface area contributed by atoms with Crippen molar-refractivity contribution in [2.75, 3.05) is 13.2 Å². The Morgan fingerprint density at radius 1 is 1.12 bits per heavy atom. The van der Waals surface area contributed by atoms with Gasteiger partial charge in [-0.1, -0.05) is 0 Å². The zero-order valence-corrected chi connectivity index (χ0v) is 14.3. The van der Waals surface area contributed by atoms with Crippen LogP contribution in [-0.2, 0) is 16.4 Å². The highest BCUT2D eigenvalue weighted by Gasteiger charge is 2.47. The summed E-state index contributed by atoms with van der Waals surface area (Å²) < 4.78 is 39.3. The van der Waals surface area contributed by atoms with Crippen molar-refractivity contribution >= 4 is 10.0 Å². The van der Waals surface area contributed by atoms with E-state index in [1.165, 1.54) is 6.33 Å². The van der Waals surface area contributed by atoms with E-state index in [2.05, 4.69) is 9.97 Å². The van der Waals surface area contributed by atoms with Gasteiger partial charge >= 0.3 is 0 Å². The van der Waals surface area contributed by atoms with Crippen LogP contribution in [0, 0.1) is 0 Å². The molecule has 8 heteroatoms. The minimum Gasteiger partial charge on any atom is -0.486 e.